The Labute approximate surface area is 134 Å². The molecule has 0 aliphatic carbocycles. The summed E-state index contributed by atoms with van der Waals surface area (Å²) in [5.41, 5.74) is 4.45. The number of benzene rings is 1. The summed E-state index contributed by atoms with van der Waals surface area (Å²) in [6.45, 7) is 11.9. The van der Waals surface area contributed by atoms with Crippen molar-refractivity contribution >= 4 is 0 Å². The van der Waals surface area contributed by atoms with Crippen LogP contribution in [0.1, 0.15) is 57.6 Å². The first-order chi connectivity index (χ1) is 10.2. The van der Waals surface area contributed by atoms with Gasteiger partial charge < -0.3 is 5.11 Å². The third-order valence-electron chi connectivity index (χ3n) is 4.43. The van der Waals surface area contributed by atoms with Crippen molar-refractivity contribution in [3.63, 3.8) is 0 Å². The molecule has 0 aliphatic heterocycles. The minimum atomic E-state index is -0.476. The molecule has 0 amide bonds. The summed E-state index contributed by atoms with van der Waals surface area (Å²) in [4.78, 5) is 0. The van der Waals surface area contributed by atoms with Gasteiger partial charge in [-0.1, -0.05) is 62.4 Å². The maximum atomic E-state index is 10.3. The highest BCUT2D eigenvalue weighted by Gasteiger charge is 2.32. The van der Waals surface area contributed by atoms with Gasteiger partial charge in [-0.3, -0.25) is 0 Å². The van der Waals surface area contributed by atoms with Gasteiger partial charge in [0.25, 0.3) is 0 Å². The standard InChI is InChI=1S/C20H27NO/c1-6-18(22)20(5,17-10-7-9-16(2)15-17)12-8-11-19(3,4)13-14-21/h7,9-10,15,22H,1,8,11-13H2,2-5H3. The second kappa shape index (κ2) is 7.34. The first-order valence-corrected chi connectivity index (χ1v) is 7.79. The largest absolute Gasteiger partial charge is 0.504 e. The normalized spacial score (nSPS) is 13.8. The molecule has 1 atom stereocenters. The third kappa shape index (κ3) is 4.52. The summed E-state index contributed by atoms with van der Waals surface area (Å²) in [6.07, 6.45) is 3.24. The highest BCUT2D eigenvalue weighted by Crippen LogP contribution is 2.37. The molecule has 0 fully saturated rings. The minimum absolute atomic E-state index is 0.00970. The monoisotopic (exact) mass is 297 g/mol. The van der Waals surface area contributed by atoms with E-state index in [0.29, 0.717) is 6.42 Å². The van der Waals surface area contributed by atoms with Gasteiger partial charge in [0.05, 0.1) is 11.5 Å². The fraction of sp³-hybridized carbons (Fsp3) is 0.500. The Hall–Kier alpha value is -1.97. The molecule has 0 saturated carbocycles. The SMILES string of the molecule is C=C=C(O)C(C)(CCCC(C)(C)CC#N)c1cccc(C)c1. The average molecular weight is 297 g/mol. The molecule has 0 heterocycles. The van der Waals surface area contributed by atoms with Crippen molar-refractivity contribution in [2.24, 2.45) is 5.41 Å². The maximum Gasteiger partial charge on any atom is 0.144 e. The molecule has 1 N–H and O–H groups in total. The lowest BCUT2D eigenvalue weighted by atomic mass is 9.74. The van der Waals surface area contributed by atoms with Gasteiger partial charge in [0.2, 0.25) is 0 Å². The molecule has 0 saturated heterocycles. The summed E-state index contributed by atoms with van der Waals surface area (Å²) in [6, 6.07) is 10.5. The van der Waals surface area contributed by atoms with Crippen molar-refractivity contribution in [2.75, 3.05) is 0 Å². The van der Waals surface area contributed by atoms with E-state index in [2.05, 4.69) is 51.3 Å². The van der Waals surface area contributed by atoms with Gasteiger partial charge >= 0.3 is 0 Å². The van der Waals surface area contributed by atoms with Gasteiger partial charge in [0.1, 0.15) is 5.76 Å². The topological polar surface area (TPSA) is 44.0 Å². The van der Waals surface area contributed by atoms with Crippen molar-refractivity contribution in [1.29, 1.82) is 5.26 Å². The molecule has 0 radical (unpaired) electrons. The van der Waals surface area contributed by atoms with Gasteiger partial charge in [0.15, 0.2) is 0 Å². The van der Waals surface area contributed by atoms with Crippen LogP contribution in [-0.4, -0.2) is 5.11 Å². The molecule has 0 spiro atoms. The lowest BCUT2D eigenvalue weighted by Gasteiger charge is -2.30. The molecule has 1 rings (SSSR count). The van der Waals surface area contributed by atoms with E-state index >= 15 is 0 Å². The zero-order valence-corrected chi connectivity index (χ0v) is 14.2. The number of nitriles is 1. The molecule has 118 valence electrons. The van der Waals surface area contributed by atoms with Crippen LogP contribution < -0.4 is 0 Å². The third-order valence-corrected chi connectivity index (χ3v) is 4.43. The Morgan fingerprint density at radius 2 is 1.95 bits per heavy atom. The summed E-state index contributed by atoms with van der Waals surface area (Å²) in [5, 5.41) is 19.2. The first-order valence-electron chi connectivity index (χ1n) is 7.79. The van der Waals surface area contributed by atoms with Crippen LogP contribution in [0.3, 0.4) is 0 Å². The van der Waals surface area contributed by atoms with E-state index < -0.39 is 5.41 Å². The summed E-state index contributed by atoms with van der Waals surface area (Å²) < 4.78 is 0. The highest BCUT2D eigenvalue weighted by atomic mass is 16.3. The number of hydrogen-bond donors (Lipinski definition) is 1. The Morgan fingerprint density at radius 1 is 1.27 bits per heavy atom. The second-order valence-corrected chi connectivity index (χ2v) is 7.08. The van der Waals surface area contributed by atoms with Crippen molar-refractivity contribution < 1.29 is 5.11 Å². The van der Waals surface area contributed by atoms with Gasteiger partial charge in [-0.25, -0.2) is 0 Å². The summed E-state index contributed by atoms with van der Waals surface area (Å²) >= 11 is 0. The van der Waals surface area contributed by atoms with Crippen molar-refractivity contribution in [3.05, 3.63) is 53.5 Å². The van der Waals surface area contributed by atoms with Gasteiger partial charge in [0, 0.05) is 6.42 Å². The van der Waals surface area contributed by atoms with E-state index in [1.54, 1.807) is 0 Å². The summed E-state index contributed by atoms with van der Waals surface area (Å²) in [7, 11) is 0. The van der Waals surface area contributed by atoms with E-state index in [-0.39, 0.29) is 11.2 Å². The van der Waals surface area contributed by atoms with E-state index in [4.69, 9.17) is 5.26 Å². The van der Waals surface area contributed by atoms with Gasteiger partial charge in [-0.2, -0.15) is 5.26 Å². The van der Waals surface area contributed by atoms with Crippen LogP contribution in [-0.2, 0) is 5.41 Å². The fourth-order valence-electron chi connectivity index (χ4n) is 2.81. The number of hydrogen-bond acceptors (Lipinski definition) is 2. The Morgan fingerprint density at radius 3 is 2.50 bits per heavy atom. The van der Waals surface area contributed by atoms with E-state index in [9.17, 15) is 5.11 Å². The van der Waals surface area contributed by atoms with Crippen LogP contribution in [0.4, 0.5) is 0 Å². The first kappa shape index (κ1) is 18.1. The Kier molecular flexibility index (Phi) is 6.03. The number of aliphatic hydroxyl groups excluding tert-OH is 1. The van der Waals surface area contributed by atoms with Gasteiger partial charge in [-0.15, -0.1) is 0 Å². The zero-order valence-electron chi connectivity index (χ0n) is 14.2. The molecule has 22 heavy (non-hydrogen) atoms. The van der Waals surface area contributed by atoms with Gasteiger partial charge in [-0.05, 0) is 37.7 Å². The van der Waals surface area contributed by atoms with Crippen LogP contribution in [0.25, 0.3) is 0 Å². The van der Waals surface area contributed by atoms with E-state index in [0.717, 1.165) is 24.8 Å². The molecule has 1 aromatic rings. The van der Waals surface area contributed by atoms with Crippen molar-refractivity contribution in [3.8, 4) is 6.07 Å². The average Bonchev–Trinajstić information content (AvgIpc) is 2.45. The lowest BCUT2D eigenvalue weighted by molar-refractivity contribution is 0.266. The molecule has 1 aromatic carbocycles. The predicted molar refractivity (Wildman–Crippen MR) is 91.7 cm³/mol. The fourth-order valence-corrected chi connectivity index (χ4v) is 2.81. The highest BCUT2D eigenvalue weighted by molar-refractivity contribution is 5.35. The molecule has 2 heteroatoms. The lowest BCUT2D eigenvalue weighted by Crippen LogP contribution is -2.25. The number of allylic oxidation sites excluding steroid dienone is 1. The molecule has 0 aliphatic rings. The van der Waals surface area contributed by atoms with Crippen LogP contribution in [0.5, 0.6) is 0 Å². The molecule has 1 unspecified atom stereocenters. The number of rotatable bonds is 7. The number of aryl methyl sites for hydroxylation is 1. The summed E-state index contributed by atoms with van der Waals surface area (Å²) in [5.74, 6) is 0.191. The zero-order chi connectivity index (χ0) is 16.8. The van der Waals surface area contributed by atoms with E-state index in [1.807, 2.05) is 19.1 Å². The minimum Gasteiger partial charge on any atom is -0.504 e. The van der Waals surface area contributed by atoms with Crippen molar-refractivity contribution in [1.82, 2.24) is 0 Å². The van der Waals surface area contributed by atoms with E-state index in [1.165, 1.54) is 5.56 Å². The maximum absolute atomic E-state index is 10.3. The molecular weight excluding hydrogens is 270 g/mol. The Bertz CT molecular complexity index is 602. The molecule has 0 bridgehead atoms. The van der Waals surface area contributed by atoms with Crippen LogP contribution in [0.2, 0.25) is 0 Å². The van der Waals surface area contributed by atoms with Crippen LogP contribution in [0.15, 0.2) is 42.3 Å². The predicted octanol–water partition coefficient (Wildman–Crippen LogP) is 5.59. The van der Waals surface area contributed by atoms with Crippen LogP contribution in [0, 0.1) is 23.7 Å². The number of aliphatic hydroxyl groups is 1. The molecular formula is C20H27NO. The second-order valence-electron chi connectivity index (χ2n) is 7.08. The Balaban J connectivity index is 2.96. The van der Waals surface area contributed by atoms with Crippen LogP contribution >= 0.6 is 0 Å². The quantitative estimate of drug-likeness (QED) is 0.526. The smallest absolute Gasteiger partial charge is 0.144 e. The van der Waals surface area contributed by atoms with Crippen molar-refractivity contribution in [2.45, 2.75) is 58.8 Å². The molecule has 0 aromatic heterocycles. The number of nitrogens with zero attached hydrogens (tertiary/aromatic N) is 1. The molecule has 2 nitrogen and oxygen atoms in total.